The lowest BCUT2D eigenvalue weighted by Gasteiger charge is -2.29. The van der Waals surface area contributed by atoms with Crippen molar-refractivity contribution in [3.63, 3.8) is 0 Å². The lowest BCUT2D eigenvalue weighted by atomic mass is 10.1. The summed E-state index contributed by atoms with van der Waals surface area (Å²) in [4.78, 5) is 53.1. The molecule has 0 unspecified atom stereocenters. The highest BCUT2D eigenvalue weighted by atomic mass is 16.5. The Hall–Kier alpha value is -3.14. The molecule has 2 aliphatic heterocycles. The number of nitrogens with zero attached hydrogens (tertiary/aromatic N) is 1. The molecular weight excluding hydrogens is 428 g/mol. The Morgan fingerprint density at radius 1 is 1.24 bits per heavy atom. The first kappa shape index (κ1) is 24.5. The Bertz CT molecular complexity index is 876. The molecule has 4 amide bonds. The van der Waals surface area contributed by atoms with Crippen molar-refractivity contribution in [3.8, 4) is 5.75 Å². The highest BCUT2D eigenvalue weighted by Gasteiger charge is 2.34. The molecule has 10 nitrogen and oxygen atoms in total. The van der Waals surface area contributed by atoms with Gasteiger partial charge in [-0.2, -0.15) is 0 Å². The predicted octanol–water partition coefficient (Wildman–Crippen LogP) is 0.216. The summed E-state index contributed by atoms with van der Waals surface area (Å²) in [7, 11) is 0. The molecule has 3 rings (SSSR count). The van der Waals surface area contributed by atoms with Crippen LogP contribution in [0.25, 0.3) is 0 Å². The number of carbonyl (C=O) groups is 4. The topological polar surface area (TPSA) is 126 Å². The third-order valence-electron chi connectivity index (χ3n) is 5.73. The fraction of sp³-hybridized carbons (Fsp3) is 0.565. The van der Waals surface area contributed by atoms with Crippen LogP contribution in [0.2, 0.25) is 0 Å². The number of fused-ring (bicyclic) bond motifs is 2. The molecule has 0 aromatic heterocycles. The van der Waals surface area contributed by atoms with Crippen LogP contribution in [0.1, 0.15) is 43.5 Å². The van der Waals surface area contributed by atoms with Gasteiger partial charge in [0.15, 0.2) is 0 Å². The third kappa shape index (κ3) is 6.44. The van der Waals surface area contributed by atoms with E-state index >= 15 is 0 Å². The van der Waals surface area contributed by atoms with Gasteiger partial charge in [0, 0.05) is 19.7 Å². The molecule has 0 aliphatic carbocycles. The maximum atomic E-state index is 13.0. The van der Waals surface area contributed by atoms with E-state index in [1.54, 1.807) is 36.1 Å². The number of hydrogen-bond acceptors (Lipinski definition) is 6. The van der Waals surface area contributed by atoms with Crippen LogP contribution in [-0.4, -0.2) is 79.6 Å². The SMILES string of the molecule is CCOCCNC(=O)[C@@H]1CC(=O)N[C@@H](C)C(=O)N2CCC[C@@H]2COc2ccccc2C(=O)N1. The average molecular weight is 461 g/mol. The van der Waals surface area contributed by atoms with Crippen molar-refractivity contribution in [2.75, 3.05) is 32.9 Å². The van der Waals surface area contributed by atoms with Crippen molar-refractivity contribution < 1.29 is 28.7 Å². The van der Waals surface area contributed by atoms with Gasteiger partial charge in [-0.1, -0.05) is 12.1 Å². The van der Waals surface area contributed by atoms with Gasteiger partial charge in [-0.05, 0) is 38.8 Å². The van der Waals surface area contributed by atoms with E-state index in [1.165, 1.54) is 0 Å². The highest BCUT2D eigenvalue weighted by Crippen LogP contribution is 2.23. The van der Waals surface area contributed by atoms with Crippen molar-refractivity contribution in [3.05, 3.63) is 29.8 Å². The Morgan fingerprint density at radius 2 is 2.03 bits per heavy atom. The Balaban J connectivity index is 1.84. The molecule has 3 N–H and O–H groups in total. The summed E-state index contributed by atoms with van der Waals surface area (Å²) in [5, 5.41) is 7.98. The Kier molecular flexibility index (Phi) is 8.65. The van der Waals surface area contributed by atoms with Crippen molar-refractivity contribution >= 4 is 23.6 Å². The van der Waals surface area contributed by atoms with Gasteiger partial charge in [0.25, 0.3) is 5.91 Å². The van der Waals surface area contributed by atoms with Gasteiger partial charge in [0.1, 0.15) is 24.4 Å². The molecule has 2 aliphatic rings. The first-order chi connectivity index (χ1) is 15.9. The molecule has 1 aromatic rings. The van der Waals surface area contributed by atoms with Crippen molar-refractivity contribution in [2.45, 2.75) is 51.2 Å². The first-order valence-electron chi connectivity index (χ1n) is 11.4. The molecule has 1 fully saturated rings. The Labute approximate surface area is 193 Å². The van der Waals surface area contributed by atoms with Crippen LogP contribution in [0, 0.1) is 0 Å². The normalized spacial score (nSPS) is 24.0. The number of nitrogens with one attached hydrogen (secondary N) is 3. The lowest BCUT2D eigenvalue weighted by Crippen LogP contribution is -2.53. The summed E-state index contributed by atoms with van der Waals surface area (Å²) in [6, 6.07) is 4.69. The molecule has 10 heteroatoms. The van der Waals surface area contributed by atoms with Gasteiger partial charge in [-0.25, -0.2) is 0 Å². The molecule has 1 aromatic carbocycles. The van der Waals surface area contributed by atoms with E-state index in [0.717, 1.165) is 12.8 Å². The summed E-state index contributed by atoms with van der Waals surface area (Å²) < 4.78 is 11.2. The number of benzene rings is 1. The number of carbonyl (C=O) groups excluding carboxylic acids is 4. The molecule has 2 heterocycles. The van der Waals surface area contributed by atoms with Gasteiger partial charge in [0.2, 0.25) is 17.7 Å². The molecule has 180 valence electrons. The van der Waals surface area contributed by atoms with E-state index < -0.39 is 29.8 Å². The summed E-state index contributed by atoms with van der Waals surface area (Å²) in [5.41, 5.74) is 0.256. The number of para-hydroxylation sites is 1. The zero-order valence-electron chi connectivity index (χ0n) is 19.1. The largest absolute Gasteiger partial charge is 0.491 e. The van der Waals surface area contributed by atoms with Gasteiger partial charge in [0.05, 0.1) is 24.6 Å². The number of ether oxygens (including phenoxy) is 2. The van der Waals surface area contributed by atoms with Crippen molar-refractivity contribution in [1.29, 1.82) is 0 Å². The monoisotopic (exact) mass is 460 g/mol. The summed E-state index contributed by atoms with van der Waals surface area (Å²) in [5.74, 6) is -1.37. The summed E-state index contributed by atoms with van der Waals surface area (Å²) in [6.07, 6.45) is 1.31. The number of amides is 4. The van der Waals surface area contributed by atoms with Crippen LogP contribution < -0.4 is 20.7 Å². The predicted molar refractivity (Wildman–Crippen MR) is 120 cm³/mol. The third-order valence-corrected chi connectivity index (χ3v) is 5.73. The minimum atomic E-state index is -1.13. The summed E-state index contributed by atoms with van der Waals surface area (Å²) >= 11 is 0. The summed E-state index contributed by atoms with van der Waals surface area (Å²) in [6.45, 7) is 5.35. The maximum absolute atomic E-state index is 13.0. The lowest BCUT2D eigenvalue weighted by molar-refractivity contribution is -0.137. The van der Waals surface area contributed by atoms with Gasteiger partial charge >= 0.3 is 0 Å². The van der Waals surface area contributed by atoms with E-state index in [0.29, 0.717) is 25.5 Å². The molecule has 0 bridgehead atoms. The van der Waals surface area contributed by atoms with Crippen LogP contribution in [0.4, 0.5) is 0 Å². The molecule has 0 saturated carbocycles. The van der Waals surface area contributed by atoms with Crippen molar-refractivity contribution in [2.24, 2.45) is 0 Å². The van der Waals surface area contributed by atoms with Crippen molar-refractivity contribution in [1.82, 2.24) is 20.9 Å². The first-order valence-corrected chi connectivity index (χ1v) is 11.4. The minimum Gasteiger partial charge on any atom is -0.491 e. The fourth-order valence-corrected chi connectivity index (χ4v) is 4.02. The second-order valence-electron chi connectivity index (χ2n) is 8.14. The molecule has 1 saturated heterocycles. The van der Waals surface area contributed by atoms with E-state index in [-0.39, 0.29) is 37.1 Å². The fourth-order valence-electron chi connectivity index (χ4n) is 4.02. The Morgan fingerprint density at radius 3 is 2.82 bits per heavy atom. The number of hydrogen-bond donors (Lipinski definition) is 3. The van der Waals surface area contributed by atoms with E-state index in [4.69, 9.17) is 9.47 Å². The maximum Gasteiger partial charge on any atom is 0.255 e. The molecule has 33 heavy (non-hydrogen) atoms. The van der Waals surface area contributed by atoms with E-state index in [1.807, 2.05) is 6.92 Å². The van der Waals surface area contributed by atoms with Gasteiger partial charge < -0.3 is 30.3 Å². The van der Waals surface area contributed by atoms with Gasteiger partial charge in [-0.15, -0.1) is 0 Å². The van der Waals surface area contributed by atoms with E-state index in [2.05, 4.69) is 16.0 Å². The quantitative estimate of drug-likeness (QED) is 0.540. The molecule has 3 atom stereocenters. The number of rotatable bonds is 5. The smallest absolute Gasteiger partial charge is 0.255 e. The van der Waals surface area contributed by atoms with Crippen LogP contribution in [0.3, 0.4) is 0 Å². The van der Waals surface area contributed by atoms with Crippen LogP contribution >= 0.6 is 0 Å². The van der Waals surface area contributed by atoms with Crippen LogP contribution in [0.5, 0.6) is 5.75 Å². The van der Waals surface area contributed by atoms with Crippen LogP contribution in [-0.2, 0) is 19.1 Å². The second-order valence-corrected chi connectivity index (χ2v) is 8.14. The molecular formula is C23H32N4O6. The standard InChI is InChI=1S/C23H32N4O6/c1-3-32-12-10-24-22(30)18-13-20(28)25-15(2)23(31)27-11-6-7-16(27)14-33-19-9-5-4-8-17(19)21(29)26-18/h4-5,8-9,15-16,18H,3,6-7,10-14H2,1-2H3,(H,24,30)(H,25,28)(H,26,29)/t15-,16+,18-/m0/s1. The van der Waals surface area contributed by atoms with Gasteiger partial charge in [-0.3, -0.25) is 19.2 Å². The highest BCUT2D eigenvalue weighted by molar-refractivity contribution is 6.01. The zero-order valence-corrected chi connectivity index (χ0v) is 19.1. The minimum absolute atomic E-state index is 0.139. The van der Waals surface area contributed by atoms with Crippen LogP contribution in [0.15, 0.2) is 24.3 Å². The molecule has 0 spiro atoms. The zero-order chi connectivity index (χ0) is 23.8. The second kappa shape index (κ2) is 11.6. The molecule has 0 radical (unpaired) electrons. The van der Waals surface area contributed by atoms with E-state index in [9.17, 15) is 19.2 Å². The average Bonchev–Trinajstić information content (AvgIpc) is 3.27.